The van der Waals surface area contributed by atoms with Crippen molar-refractivity contribution in [1.82, 2.24) is 4.98 Å². The number of nitrogens with one attached hydrogen (secondary N) is 1. The van der Waals surface area contributed by atoms with Crippen LogP contribution in [0.4, 0.5) is 5.82 Å². The number of anilines is 1. The molecule has 1 heterocycles. The molecule has 98 valence electrons. The molecule has 0 aromatic carbocycles. The maximum absolute atomic E-state index is 7.50. The molecule has 4 nitrogen and oxygen atoms in total. The molecule has 1 aliphatic carbocycles. The number of rotatable bonds is 6. The largest absolute Gasteiger partial charge is 0.384 e. The summed E-state index contributed by atoms with van der Waals surface area (Å²) in [5.41, 5.74) is 6.29. The zero-order valence-corrected chi connectivity index (χ0v) is 11.2. The Morgan fingerprint density at radius 2 is 2.28 bits per heavy atom. The number of aromatic nitrogens is 1. The van der Waals surface area contributed by atoms with Crippen molar-refractivity contribution >= 4 is 11.7 Å². The van der Waals surface area contributed by atoms with E-state index in [2.05, 4.69) is 23.7 Å². The molecular formula is C14H22N4. The predicted octanol–water partition coefficient (Wildman–Crippen LogP) is 2.38. The van der Waals surface area contributed by atoms with E-state index in [1.165, 1.54) is 19.3 Å². The second-order valence-electron chi connectivity index (χ2n) is 5.42. The minimum Gasteiger partial charge on any atom is -0.384 e. The van der Waals surface area contributed by atoms with Crippen LogP contribution in [0.2, 0.25) is 0 Å². The first-order chi connectivity index (χ1) is 8.58. The number of nitrogens with zero attached hydrogens (tertiary/aromatic N) is 2. The molecule has 1 fully saturated rings. The molecular weight excluding hydrogens is 224 g/mol. The van der Waals surface area contributed by atoms with Gasteiger partial charge in [0.15, 0.2) is 0 Å². The molecule has 0 radical (unpaired) electrons. The van der Waals surface area contributed by atoms with Crippen LogP contribution in [0.5, 0.6) is 0 Å². The quantitative estimate of drug-likeness (QED) is 0.598. The first kappa shape index (κ1) is 12.9. The Morgan fingerprint density at radius 3 is 2.83 bits per heavy atom. The van der Waals surface area contributed by atoms with Crippen molar-refractivity contribution in [3.63, 3.8) is 0 Å². The van der Waals surface area contributed by atoms with Crippen LogP contribution in [0.3, 0.4) is 0 Å². The van der Waals surface area contributed by atoms with Crippen LogP contribution in [0.15, 0.2) is 18.3 Å². The van der Waals surface area contributed by atoms with Crippen LogP contribution in [-0.2, 0) is 0 Å². The second-order valence-corrected chi connectivity index (χ2v) is 5.42. The molecule has 1 aliphatic rings. The molecule has 0 aliphatic heterocycles. The van der Waals surface area contributed by atoms with Gasteiger partial charge in [0.05, 0.1) is 0 Å². The standard InChI is InChI=1S/C14H22N4/c1-10(2)6-8-18(12-3-4-12)13-9-11(14(15)16)5-7-17-13/h5,7,9-10,12H,3-4,6,8H2,1-2H3,(H3,15,16). The summed E-state index contributed by atoms with van der Waals surface area (Å²) in [4.78, 5) is 6.80. The summed E-state index contributed by atoms with van der Waals surface area (Å²) in [6.07, 6.45) is 5.42. The number of hydrogen-bond donors (Lipinski definition) is 2. The Kier molecular flexibility index (Phi) is 3.84. The van der Waals surface area contributed by atoms with Crippen molar-refractivity contribution in [2.24, 2.45) is 11.7 Å². The van der Waals surface area contributed by atoms with Gasteiger partial charge >= 0.3 is 0 Å². The van der Waals surface area contributed by atoms with Crippen LogP contribution < -0.4 is 10.6 Å². The number of hydrogen-bond acceptors (Lipinski definition) is 3. The lowest BCUT2D eigenvalue weighted by molar-refractivity contribution is 0.568. The van der Waals surface area contributed by atoms with Gasteiger partial charge in [-0.05, 0) is 37.3 Å². The van der Waals surface area contributed by atoms with Gasteiger partial charge in [0.1, 0.15) is 11.7 Å². The van der Waals surface area contributed by atoms with E-state index in [0.29, 0.717) is 12.0 Å². The molecule has 4 heteroatoms. The molecule has 0 bridgehead atoms. The van der Waals surface area contributed by atoms with Crippen molar-refractivity contribution in [1.29, 1.82) is 5.41 Å². The summed E-state index contributed by atoms with van der Waals surface area (Å²) in [5, 5.41) is 7.50. The third-order valence-electron chi connectivity index (χ3n) is 3.29. The molecule has 2 rings (SSSR count). The molecule has 18 heavy (non-hydrogen) atoms. The highest BCUT2D eigenvalue weighted by Gasteiger charge is 2.29. The fourth-order valence-corrected chi connectivity index (χ4v) is 2.01. The van der Waals surface area contributed by atoms with E-state index >= 15 is 0 Å². The topological polar surface area (TPSA) is 66.0 Å². The minimum absolute atomic E-state index is 0.109. The van der Waals surface area contributed by atoms with E-state index in [-0.39, 0.29) is 5.84 Å². The van der Waals surface area contributed by atoms with Crippen molar-refractivity contribution in [2.45, 2.75) is 39.2 Å². The van der Waals surface area contributed by atoms with E-state index in [9.17, 15) is 0 Å². The second kappa shape index (κ2) is 5.38. The van der Waals surface area contributed by atoms with Gasteiger partial charge in [-0.15, -0.1) is 0 Å². The molecule has 0 saturated heterocycles. The summed E-state index contributed by atoms with van der Waals surface area (Å²) >= 11 is 0. The SMILES string of the molecule is CC(C)CCN(c1cc(C(=N)N)ccn1)C1CC1. The number of nitrogen functional groups attached to an aromatic ring is 1. The molecule has 1 aromatic heterocycles. The van der Waals surface area contributed by atoms with Gasteiger partial charge in [0.2, 0.25) is 0 Å². The molecule has 3 N–H and O–H groups in total. The van der Waals surface area contributed by atoms with Gasteiger partial charge in [-0.1, -0.05) is 13.8 Å². The zero-order valence-electron chi connectivity index (χ0n) is 11.2. The summed E-state index contributed by atoms with van der Waals surface area (Å²) in [6, 6.07) is 4.36. The minimum atomic E-state index is 0.109. The van der Waals surface area contributed by atoms with Crippen molar-refractivity contribution < 1.29 is 0 Å². The normalized spacial score (nSPS) is 14.8. The van der Waals surface area contributed by atoms with E-state index in [4.69, 9.17) is 11.1 Å². The third-order valence-corrected chi connectivity index (χ3v) is 3.29. The summed E-state index contributed by atoms with van der Waals surface area (Å²) < 4.78 is 0. The van der Waals surface area contributed by atoms with E-state index in [1.807, 2.05) is 6.07 Å². The van der Waals surface area contributed by atoms with Crippen LogP contribution >= 0.6 is 0 Å². The van der Waals surface area contributed by atoms with Crippen molar-refractivity contribution in [3.8, 4) is 0 Å². The van der Waals surface area contributed by atoms with E-state index in [0.717, 1.165) is 17.9 Å². The van der Waals surface area contributed by atoms with E-state index < -0.39 is 0 Å². The van der Waals surface area contributed by atoms with Crippen LogP contribution in [0.1, 0.15) is 38.7 Å². The van der Waals surface area contributed by atoms with Gasteiger partial charge in [-0.25, -0.2) is 4.98 Å². The van der Waals surface area contributed by atoms with Gasteiger partial charge < -0.3 is 10.6 Å². The Hall–Kier alpha value is -1.58. The van der Waals surface area contributed by atoms with Gasteiger partial charge in [-0.2, -0.15) is 0 Å². The first-order valence-corrected chi connectivity index (χ1v) is 6.65. The van der Waals surface area contributed by atoms with Crippen LogP contribution in [0, 0.1) is 11.3 Å². The molecule has 1 saturated carbocycles. The lowest BCUT2D eigenvalue weighted by atomic mass is 10.1. The Balaban J connectivity index is 2.14. The Morgan fingerprint density at radius 1 is 1.56 bits per heavy atom. The highest BCUT2D eigenvalue weighted by atomic mass is 15.2. The fourth-order valence-electron chi connectivity index (χ4n) is 2.01. The first-order valence-electron chi connectivity index (χ1n) is 6.65. The molecule has 0 atom stereocenters. The average Bonchev–Trinajstić information content (AvgIpc) is 3.14. The Bertz CT molecular complexity index is 424. The lowest BCUT2D eigenvalue weighted by Gasteiger charge is -2.24. The monoisotopic (exact) mass is 246 g/mol. The lowest BCUT2D eigenvalue weighted by Crippen LogP contribution is -2.29. The van der Waals surface area contributed by atoms with Crippen molar-refractivity contribution in [2.75, 3.05) is 11.4 Å². The van der Waals surface area contributed by atoms with Gasteiger partial charge in [0, 0.05) is 24.3 Å². The maximum atomic E-state index is 7.50. The molecule has 0 amide bonds. The number of amidine groups is 1. The molecule has 1 aromatic rings. The third kappa shape index (κ3) is 3.22. The Labute approximate surface area is 109 Å². The number of nitrogens with two attached hydrogens (primary N) is 1. The number of pyridine rings is 1. The zero-order chi connectivity index (χ0) is 13.1. The van der Waals surface area contributed by atoms with Gasteiger partial charge in [0.25, 0.3) is 0 Å². The maximum Gasteiger partial charge on any atom is 0.129 e. The smallest absolute Gasteiger partial charge is 0.129 e. The molecule has 0 spiro atoms. The fraction of sp³-hybridized carbons (Fsp3) is 0.571. The highest BCUT2D eigenvalue weighted by molar-refractivity contribution is 5.95. The average molecular weight is 246 g/mol. The summed E-state index contributed by atoms with van der Waals surface area (Å²) in [6.45, 7) is 5.52. The highest BCUT2D eigenvalue weighted by Crippen LogP contribution is 2.31. The van der Waals surface area contributed by atoms with Gasteiger partial charge in [-0.3, -0.25) is 5.41 Å². The van der Waals surface area contributed by atoms with E-state index in [1.54, 1.807) is 12.3 Å². The predicted molar refractivity (Wildman–Crippen MR) is 75.1 cm³/mol. The summed E-state index contributed by atoms with van der Waals surface area (Å²) in [7, 11) is 0. The van der Waals surface area contributed by atoms with Crippen LogP contribution in [0.25, 0.3) is 0 Å². The summed E-state index contributed by atoms with van der Waals surface area (Å²) in [5.74, 6) is 1.77. The van der Waals surface area contributed by atoms with Crippen molar-refractivity contribution in [3.05, 3.63) is 23.9 Å². The van der Waals surface area contributed by atoms with Crippen LogP contribution in [-0.4, -0.2) is 23.4 Å². The molecule has 0 unspecified atom stereocenters.